The Morgan fingerprint density at radius 1 is 1.48 bits per heavy atom. The number of carbonyl (C=O) groups excluding carboxylic acids is 1. The van der Waals surface area contributed by atoms with Crippen molar-refractivity contribution in [2.75, 3.05) is 5.32 Å². The minimum Gasteiger partial charge on any atom is -0.507 e. The molecule has 9 heteroatoms. The molecule has 21 heavy (non-hydrogen) atoms. The number of nitrogens with zero attached hydrogens (tertiary/aromatic N) is 3. The molecular formula is C12H12BrN5O3. The number of aromatic hydroxyl groups is 1. The molecule has 0 aliphatic carbocycles. The molecule has 0 fully saturated rings. The molecule has 0 aliphatic rings. The van der Waals surface area contributed by atoms with E-state index in [0.29, 0.717) is 4.47 Å². The number of amides is 1. The number of phenols is 1. The summed E-state index contributed by atoms with van der Waals surface area (Å²) in [5, 5.41) is 27.9. The first-order valence-electron chi connectivity index (χ1n) is 5.73. The van der Waals surface area contributed by atoms with Gasteiger partial charge >= 0.3 is 0 Å². The van der Waals surface area contributed by atoms with Crippen LogP contribution in [0.1, 0.15) is 15.9 Å². The second-order valence-corrected chi connectivity index (χ2v) is 5.05. The molecule has 0 spiro atoms. The molecule has 0 saturated carbocycles. The first kappa shape index (κ1) is 14.9. The summed E-state index contributed by atoms with van der Waals surface area (Å²) < 4.78 is 2.01. The molecule has 8 nitrogen and oxygen atoms in total. The van der Waals surface area contributed by atoms with E-state index >= 15 is 0 Å². The monoisotopic (exact) mass is 353 g/mol. The molecule has 0 bridgehead atoms. The molecule has 1 heterocycles. The van der Waals surface area contributed by atoms with Gasteiger partial charge in [-0.2, -0.15) is 5.10 Å². The number of halogens is 1. The van der Waals surface area contributed by atoms with Gasteiger partial charge < -0.3 is 21.4 Å². The van der Waals surface area contributed by atoms with Crippen LogP contribution in [0.3, 0.4) is 0 Å². The maximum absolute atomic E-state index is 12.2. The fraction of sp³-hybridized carbons (Fsp3) is 0.0833. The van der Waals surface area contributed by atoms with E-state index in [9.17, 15) is 9.90 Å². The number of amidine groups is 1. The number of oxime groups is 1. The molecule has 0 aliphatic heterocycles. The van der Waals surface area contributed by atoms with Crippen molar-refractivity contribution >= 4 is 33.5 Å². The Hall–Kier alpha value is -2.55. The second kappa shape index (κ2) is 5.83. The van der Waals surface area contributed by atoms with Gasteiger partial charge in [0.25, 0.3) is 5.91 Å². The number of phenolic OH excluding ortho intramolecular Hbond substituents is 1. The largest absolute Gasteiger partial charge is 0.507 e. The van der Waals surface area contributed by atoms with Crippen LogP contribution >= 0.6 is 15.9 Å². The van der Waals surface area contributed by atoms with E-state index in [1.54, 1.807) is 13.1 Å². The number of hydrogen-bond acceptors (Lipinski definition) is 5. The lowest BCUT2D eigenvalue weighted by Crippen LogP contribution is -2.20. The van der Waals surface area contributed by atoms with Crippen molar-refractivity contribution in [3.05, 3.63) is 40.0 Å². The van der Waals surface area contributed by atoms with E-state index in [2.05, 4.69) is 31.5 Å². The fourth-order valence-electron chi connectivity index (χ4n) is 1.70. The van der Waals surface area contributed by atoms with Crippen molar-refractivity contribution in [1.29, 1.82) is 0 Å². The third kappa shape index (κ3) is 2.97. The summed E-state index contributed by atoms with van der Waals surface area (Å²) in [4.78, 5) is 12.2. The average molecular weight is 354 g/mol. The van der Waals surface area contributed by atoms with Crippen LogP contribution in [-0.4, -0.2) is 31.8 Å². The molecule has 0 radical (unpaired) electrons. The molecule has 1 amide bonds. The summed E-state index contributed by atoms with van der Waals surface area (Å²) >= 11 is 3.19. The van der Waals surface area contributed by atoms with Crippen molar-refractivity contribution in [2.45, 2.75) is 0 Å². The van der Waals surface area contributed by atoms with Gasteiger partial charge in [-0.3, -0.25) is 9.48 Å². The van der Waals surface area contributed by atoms with Gasteiger partial charge in [0.05, 0.1) is 17.3 Å². The molecule has 5 N–H and O–H groups in total. The van der Waals surface area contributed by atoms with Crippen LogP contribution < -0.4 is 11.1 Å². The molecule has 2 aromatic rings. The lowest BCUT2D eigenvalue weighted by atomic mass is 10.2. The number of benzene rings is 1. The predicted molar refractivity (Wildman–Crippen MR) is 79.5 cm³/mol. The number of aromatic nitrogens is 2. The lowest BCUT2D eigenvalue weighted by molar-refractivity contribution is 0.102. The van der Waals surface area contributed by atoms with Crippen LogP contribution in [0.25, 0.3) is 0 Å². The maximum atomic E-state index is 12.2. The Bertz CT molecular complexity index is 726. The van der Waals surface area contributed by atoms with Gasteiger partial charge in [0.15, 0.2) is 5.84 Å². The minimum atomic E-state index is -0.546. The van der Waals surface area contributed by atoms with E-state index in [0.717, 1.165) is 0 Å². The average Bonchev–Trinajstić information content (AvgIpc) is 2.79. The van der Waals surface area contributed by atoms with Gasteiger partial charge in [0.2, 0.25) is 0 Å². The van der Waals surface area contributed by atoms with Crippen LogP contribution in [0, 0.1) is 0 Å². The molecular weight excluding hydrogens is 342 g/mol. The molecule has 0 unspecified atom stereocenters. The van der Waals surface area contributed by atoms with Gasteiger partial charge in [0, 0.05) is 11.5 Å². The summed E-state index contributed by atoms with van der Waals surface area (Å²) in [5.74, 6) is -0.652. The Balaban J connectivity index is 2.34. The predicted octanol–water partition coefficient (Wildman–Crippen LogP) is 1.23. The lowest BCUT2D eigenvalue weighted by Gasteiger charge is -2.09. The molecule has 110 valence electrons. The Kier molecular flexibility index (Phi) is 4.13. The first-order valence-corrected chi connectivity index (χ1v) is 6.53. The van der Waals surface area contributed by atoms with E-state index in [1.807, 2.05) is 0 Å². The Labute approximate surface area is 128 Å². The van der Waals surface area contributed by atoms with E-state index in [4.69, 9.17) is 10.9 Å². The van der Waals surface area contributed by atoms with Crippen LogP contribution in [0.15, 0.2) is 34.0 Å². The Morgan fingerprint density at radius 3 is 2.81 bits per heavy atom. The quantitative estimate of drug-likeness (QED) is 0.286. The standard InChI is InChI=1S/C12H12BrN5O3/c1-18-11(8(5-15-18)10(14)17-21)16-12(20)7-3-2-6(13)4-9(7)19/h2-5,19,21H,1H3,(H2,14,17)(H,16,20). The van der Waals surface area contributed by atoms with Gasteiger partial charge in [-0.05, 0) is 18.2 Å². The van der Waals surface area contributed by atoms with E-state index in [-0.39, 0.29) is 28.5 Å². The number of rotatable bonds is 3. The number of anilines is 1. The topological polar surface area (TPSA) is 126 Å². The molecule has 1 aromatic heterocycles. The Morgan fingerprint density at radius 2 is 2.19 bits per heavy atom. The van der Waals surface area contributed by atoms with Crippen molar-refractivity contribution in [1.82, 2.24) is 9.78 Å². The van der Waals surface area contributed by atoms with Gasteiger partial charge in [-0.15, -0.1) is 0 Å². The van der Waals surface area contributed by atoms with Crippen molar-refractivity contribution in [3.8, 4) is 5.75 Å². The van der Waals surface area contributed by atoms with Gasteiger partial charge in [0.1, 0.15) is 11.6 Å². The highest BCUT2D eigenvalue weighted by molar-refractivity contribution is 9.10. The minimum absolute atomic E-state index is 0.0878. The van der Waals surface area contributed by atoms with Crippen molar-refractivity contribution in [2.24, 2.45) is 17.9 Å². The zero-order chi connectivity index (χ0) is 15.6. The molecule has 1 aromatic carbocycles. The number of carbonyl (C=O) groups is 1. The summed E-state index contributed by atoms with van der Waals surface area (Å²) in [6, 6.07) is 4.50. The third-order valence-corrected chi connectivity index (χ3v) is 3.25. The third-order valence-electron chi connectivity index (χ3n) is 2.76. The number of nitrogens with two attached hydrogens (primary N) is 1. The molecule has 0 saturated heterocycles. The zero-order valence-corrected chi connectivity index (χ0v) is 12.5. The highest BCUT2D eigenvalue weighted by atomic mass is 79.9. The smallest absolute Gasteiger partial charge is 0.260 e. The summed E-state index contributed by atoms with van der Waals surface area (Å²) in [5.41, 5.74) is 5.87. The number of hydrogen-bond donors (Lipinski definition) is 4. The van der Waals surface area contributed by atoms with Gasteiger partial charge in [-0.25, -0.2) is 0 Å². The maximum Gasteiger partial charge on any atom is 0.260 e. The molecule has 2 rings (SSSR count). The van der Waals surface area contributed by atoms with Crippen molar-refractivity contribution in [3.63, 3.8) is 0 Å². The normalized spacial score (nSPS) is 11.4. The SMILES string of the molecule is Cn1ncc(C(N)=NO)c1NC(=O)c1ccc(Br)cc1O. The zero-order valence-electron chi connectivity index (χ0n) is 10.9. The highest BCUT2D eigenvalue weighted by Gasteiger charge is 2.18. The van der Waals surface area contributed by atoms with Gasteiger partial charge in [-0.1, -0.05) is 21.1 Å². The number of aryl methyl sites for hydroxylation is 1. The van der Waals surface area contributed by atoms with Crippen molar-refractivity contribution < 1.29 is 15.1 Å². The summed E-state index contributed by atoms with van der Waals surface area (Å²) in [6.45, 7) is 0. The first-order chi connectivity index (χ1) is 9.93. The van der Waals surface area contributed by atoms with E-state index in [1.165, 1.54) is 23.0 Å². The van der Waals surface area contributed by atoms with Crippen LogP contribution in [0.4, 0.5) is 5.82 Å². The summed E-state index contributed by atoms with van der Waals surface area (Å²) in [6.07, 6.45) is 1.35. The highest BCUT2D eigenvalue weighted by Crippen LogP contribution is 2.24. The summed E-state index contributed by atoms with van der Waals surface area (Å²) in [7, 11) is 1.59. The molecule has 0 atom stereocenters. The van der Waals surface area contributed by atoms with E-state index < -0.39 is 5.91 Å². The van der Waals surface area contributed by atoms with Crippen LogP contribution in [-0.2, 0) is 7.05 Å². The second-order valence-electron chi connectivity index (χ2n) is 4.13. The number of nitrogens with one attached hydrogen (secondary N) is 1. The van der Waals surface area contributed by atoms with Crippen LogP contribution in [0.2, 0.25) is 0 Å². The van der Waals surface area contributed by atoms with Crippen LogP contribution in [0.5, 0.6) is 5.75 Å². The fourth-order valence-corrected chi connectivity index (χ4v) is 2.05.